The second kappa shape index (κ2) is 5.47. The minimum Gasteiger partial charge on any atom is -0.312 e. The number of hydroxylamine groups is 1. The maximum Gasteiger partial charge on any atom is 0.416 e. The van der Waals surface area contributed by atoms with Crippen molar-refractivity contribution in [2.75, 3.05) is 6.54 Å². The van der Waals surface area contributed by atoms with Crippen molar-refractivity contribution >= 4 is 5.91 Å². The fraction of sp³-hybridized carbons (Fsp3) is 0.650. The van der Waals surface area contributed by atoms with Gasteiger partial charge >= 0.3 is 6.18 Å². The molecule has 0 aliphatic heterocycles. The van der Waals surface area contributed by atoms with Crippen LogP contribution >= 0.6 is 0 Å². The predicted molar refractivity (Wildman–Crippen MR) is 90.8 cm³/mol. The molecule has 6 aliphatic carbocycles. The van der Waals surface area contributed by atoms with E-state index < -0.39 is 17.6 Å². The molecule has 1 aromatic rings. The van der Waals surface area contributed by atoms with E-state index in [1.54, 1.807) is 0 Å². The van der Waals surface area contributed by atoms with Crippen molar-refractivity contribution in [2.45, 2.75) is 44.8 Å². The fourth-order valence-electron chi connectivity index (χ4n) is 7.33. The monoisotopic (exact) mass is 380 g/mol. The second-order valence-electron chi connectivity index (χ2n) is 9.32. The van der Waals surface area contributed by atoms with E-state index in [4.69, 9.17) is 5.21 Å². The molecule has 7 heteroatoms. The molecule has 2 atom stereocenters. The van der Waals surface area contributed by atoms with Gasteiger partial charge in [-0.15, -0.1) is 0 Å². The van der Waals surface area contributed by atoms with Crippen molar-refractivity contribution in [2.24, 2.45) is 28.6 Å². The molecule has 5 bridgehead atoms. The first kappa shape index (κ1) is 17.5. The smallest absolute Gasteiger partial charge is 0.312 e. The first-order chi connectivity index (χ1) is 12.8. The number of rotatable bonds is 5. The van der Waals surface area contributed by atoms with Crippen LogP contribution in [0.5, 0.6) is 0 Å². The van der Waals surface area contributed by atoms with E-state index in [9.17, 15) is 18.0 Å². The Balaban J connectivity index is 1.29. The van der Waals surface area contributed by atoms with Gasteiger partial charge in [-0.05, 0) is 78.4 Å². The van der Waals surface area contributed by atoms with Crippen LogP contribution in [0.3, 0.4) is 0 Å². The number of halogens is 3. The molecule has 7 rings (SSSR count). The van der Waals surface area contributed by atoms with Gasteiger partial charge in [-0.3, -0.25) is 10.0 Å². The minimum atomic E-state index is -4.55. The highest BCUT2D eigenvalue weighted by atomic mass is 19.4. The maximum atomic E-state index is 13.4. The van der Waals surface area contributed by atoms with E-state index in [0.717, 1.165) is 30.4 Å². The van der Waals surface area contributed by atoms with Crippen LogP contribution in [0, 0.1) is 28.6 Å². The van der Waals surface area contributed by atoms with E-state index in [-0.39, 0.29) is 23.1 Å². The Morgan fingerprint density at radius 1 is 1.19 bits per heavy atom. The number of amides is 1. The number of carbonyl (C=O) groups excluding carboxylic acids is 1. The summed E-state index contributed by atoms with van der Waals surface area (Å²) in [7, 11) is 0. The van der Waals surface area contributed by atoms with Crippen molar-refractivity contribution in [3.8, 4) is 0 Å². The summed E-state index contributed by atoms with van der Waals surface area (Å²) in [5, 5.41) is 11.9. The van der Waals surface area contributed by atoms with E-state index in [1.165, 1.54) is 49.7 Å². The molecule has 0 aromatic heterocycles. The maximum absolute atomic E-state index is 13.4. The van der Waals surface area contributed by atoms with Gasteiger partial charge in [-0.1, -0.05) is 6.07 Å². The highest BCUT2D eigenvalue weighted by molar-refractivity contribution is 5.93. The van der Waals surface area contributed by atoms with E-state index >= 15 is 0 Å². The summed E-state index contributed by atoms with van der Waals surface area (Å²) in [6.45, 7) is 0.897. The van der Waals surface area contributed by atoms with Gasteiger partial charge in [0.1, 0.15) is 0 Å². The molecule has 1 amide bonds. The summed E-state index contributed by atoms with van der Waals surface area (Å²) >= 11 is 0. The molecule has 27 heavy (non-hydrogen) atoms. The molecule has 3 N–H and O–H groups in total. The normalized spacial score (nSPS) is 38.1. The number of benzene rings is 1. The average Bonchev–Trinajstić information content (AvgIpc) is 2.59. The van der Waals surface area contributed by atoms with Crippen LogP contribution in [0.2, 0.25) is 0 Å². The number of hydrogen-bond donors (Lipinski definition) is 3. The lowest BCUT2D eigenvalue weighted by atomic mass is 9.25. The van der Waals surface area contributed by atoms with Gasteiger partial charge in [-0.25, -0.2) is 5.48 Å². The zero-order valence-electron chi connectivity index (χ0n) is 14.9. The van der Waals surface area contributed by atoms with Crippen molar-refractivity contribution in [3.05, 3.63) is 34.9 Å². The molecule has 6 aliphatic rings. The van der Waals surface area contributed by atoms with Crippen LogP contribution in [0.4, 0.5) is 13.2 Å². The SMILES string of the molecule is O=C(NO)c1ccc(CNCC23CC4CC5(CC(C2)C45)C3)c(C(F)(F)F)c1. The van der Waals surface area contributed by atoms with Crippen LogP contribution in [-0.2, 0) is 12.7 Å². The summed E-state index contributed by atoms with van der Waals surface area (Å²) in [4.78, 5) is 11.4. The highest BCUT2D eigenvalue weighted by Crippen LogP contribution is 2.82. The Hall–Kier alpha value is -1.60. The standard InChI is InChI=1S/C20H23F3N2O2/c21-20(22,23)15-3-11(17(26)25-27)1-2-12(15)8-24-10-18-4-13-6-19(9-18)7-14(5-18)16(13)19/h1-3,13-14,16,24,27H,4-10H2,(H,25,26). The molecule has 0 saturated heterocycles. The Kier molecular flexibility index (Phi) is 3.55. The lowest BCUT2D eigenvalue weighted by Gasteiger charge is -2.80. The van der Waals surface area contributed by atoms with E-state index in [2.05, 4.69) is 5.32 Å². The summed E-state index contributed by atoms with van der Waals surface area (Å²) in [6, 6.07) is 3.44. The molecular weight excluding hydrogens is 357 g/mol. The van der Waals surface area contributed by atoms with Gasteiger partial charge in [0.2, 0.25) is 0 Å². The molecule has 1 aromatic carbocycles. The molecule has 6 saturated carbocycles. The first-order valence-electron chi connectivity index (χ1n) is 9.61. The third-order valence-electron chi connectivity index (χ3n) is 7.77. The molecule has 0 heterocycles. The van der Waals surface area contributed by atoms with Crippen molar-refractivity contribution in [3.63, 3.8) is 0 Å². The zero-order chi connectivity index (χ0) is 19.0. The number of hydrogen-bond acceptors (Lipinski definition) is 3. The van der Waals surface area contributed by atoms with Gasteiger partial charge in [0.05, 0.1) is 5.56 Å². The molecule has 0 radical (unpaired) electrons. The van der Waals surface area contributed by atoms with E-state index in [1.807, 2.05) is 0 Å². The number of alkyl halides is 3. The van der Waals surface area contributed by atoms with Gasteiger partial charge in [-0.2, -0.15) is 13.2 Å². The lowest BCUT2D eigenvalue weighted by molar-refractivity contribution is -0.307. The Bertz CT molecular complexity index is 791. The molecule has 2 unspecified atom stereocenters. The quantitative estimate of drug-likeness (QED) is 0.539. The largest absolute Gasteiger partial charge is 0.416 e. The van der Waals surface area contributed by atoms with Crippen molar-refractivity contribution in [1.29, 1.82) is 0 Å². The number of nitrogens with one attached hydrogen (secondary N) is 2. The first-order valence-corrected chi connectivity index (χ1v) is 9.61. The summed E-state index contributed by atoms with van der Waals surface area (Å²) in [5.74, 6) is 1.72. The summed E-state index contributed by atoms with van der Waals surface area (Å²) in [6.07, 6.45) is 1.90. The van der Waals surface area contributed by atoms with Crippen LogP contribution in [0.1, 0.15) is 53.6 Å². The van der Waals surface area contributed by atoms with Crippen LogP contribution in [0.15, 0.2) is 18.2 Å². The van der Waals surface area contributed by atoms with Crippen molar-refractivity contribution < 1.29 is 23.2 Å². The fourth-order valence-corrected chi connectivity index (χ4v) is 7.33. The van der Waals surface area contributed by atoms with Gasteiger partial charge in [0.15, 0.2) is 0 Å². The van der Waals surface area contributed by atoms with Gasteiger partial charge in [0.25, 0.3) is 5.91 Å². The van der Waals surface area contributed by atoms with Crippen LogP contribution < -0.4 is 10.8 Å². The molecular formula is C20H23F3N2O2. The van der Waals surface area contributed by atoms with E-state index in [0.29, 0.717) is 5.41 Å². The minimum absolute atomic E-state index is 0.128. The topological polar surface area (TPSA) is 61.4 Å². The molecule has 4 nitrogen and oxygen atoms in total. The summed E-state index contributed by atoms with van der Waals surface area (Å²) in [5.41, 5.74) is 1.33. The van der Waals surface area contributed by atoms with Gasteiger partial charge < -0.3 is 5.32 Å². The third-order valence-corrected chi connectivity index (χ3v) is 7.77. The Labute approximate surface area is 155 Å². The summed E-state index contributed by atoms with van der Waals surface area (Å²) < 4.78 is 40.3. The van der Waals surface area contributed by atoms with Crippen LogP contribution in [0.25, 0.3) is 0 Å². The predicted octanol–water partition coefficient (Wildman–Crippen LogP) is 3.74. The zero-order valence-corrected chi connectivity index (χ0v) is 14.9. The molecule has 1 spiro atoms. The molecule has 6 fully saturated rings. The third kappa shape index (κ3) is 2.47. The average molecular weight is 380 g/mol. The Morgan fingerprint density at radius 3 is 2.48 bits per heavy atom. The highest BCUT2D eigenvalue weighted by Gasteiger charge is 2.74. The Morgan fingerprint density at radius 2 is 1.89 bits per heavy atom. The van der Waals surface area contributed by atoms with Crippen LogP contribution in [-0.4, -0.2) is 17.7 Å². The molecule has 146 valence electrons. The van der Waals surface area contributed by atoms with Gasteiger partial charge in [0, 0.05) is 18.7 Å². The second-order valence-corrected chi connectivity index (χ2v) is 9.32. The number of carbonyl (C=O) groups is 1. The lowest BCUT2D eigenvalue weighted by Crippen LogP contribution is -2.73. The van der Waals surface area contributed by atoms with Crippen molar-refractivity contribution in [1.82, 2.24) is 10.8 Å².